The fourth-order valence-electron chi connectivity index (χ4n) is 3.73. The van der Waals surface area contributed by atoms with E-state index >= 15 is 0 Å². The normalized spacial score (nSPS) is 19.1. The molecule has 176 valence electrons. The molecule has 0 aromatic heterocycles. The smallest absolute Gasteiger partial charge is 0.425 e. The van der Waals surface area contributed by atoms with Crippen LogP contribution in [-0.2, 0) is 20.3 Å². The van der Waals surface area contributed by atoms with E-state index in [-0.39, 0.29) is 5.97 Å². The monoisotopic (exact) mass is 481 g/mol. The molecule has 3 aromatic carbocycles. The van der Waals surface area contributed by atoms with Crippen LogP contribution in [0.4, 0.5) is 18.9 Å². The van der Waals surface area contributed by atoms with E-state index < -0.39 is 26.6 Å². The zero-order valence-electron chi connectivity index (χ0n) is 18.0. The lowest BCUT2D eigenvalue weighted by molar-refractivity contribution is -0.140. The average molecular weight is 481 g/mol. The molecule has 33 heavy (non-hydrogen) atoms. The lowest BCUT2D eigenvalue weighted by Gasteiger charge is -2.36. The summed E-state index contributed by atoms with van der Waals surface area (Å²) in [6, 6.07) is 21.7. The number of halogens is 3. The first kappa shape index (κ1) is 24.5. The summed E-state index contributed by atoms with van der Waals surface area (Å²) >= 11 is 0. The number of fused-ring (bicyclic) bond motifs is 3. The van der Waals surface area contributed by atoms with Gasteiger partial charge in [-0.1, -0.05) is 62.4 Å². The largest absolute Gasteiger partial charge is 0.522 e. The number of benzene rings is 3. The van der Waals surface area contributed by atoms with Crippen LogP contribution in [0.25, 0.3) is 10.8 Å². The van der Waals surface area contributed by atoms with Crippen molar-refractivity contribution in [2.24, 2.45) is 0 Å². The lowest BCUT2D eigenvalue weighted by atomic mass is 9.70. The van der Waals surface area contributed by atoms with Crippen LogP contribution < -0.4 is 10.1 Å². The highest BCUT2D eigenvalue weighted by Gasteiger charge is 2.55. The van der Waals surface area contributed by atoms with E-state index in [4.69, 9.17) is 17.7 Å². The molecule has 0 fully saturated rings. The van der Waals surface area contributed by atoms with Gasteiger partial charge in [0, 0.05) is 11.1 Å². The van der Waals surface area contributed by atoms with Gasteiger partial charge < -0.3 is 10.1 Å². The highest BCUT2D eigenvalue weighted by Crippen LogP contribution is 2.50. The fourth-order valence-corrected chi connectivity index (χ4v) is 3.73. The molecule has 10 heteroatoms. The minimum Gasteiger partial charge on any atom is -0.425 e. The van der Waals surface area contributed by atoms with Gasteiger partial charge >= 0.3 is 21.6 Å². The number of para-hydroxylation sites is 1. The highest BCUT2D eigenvalue weighted by atomic mass is 32.2. The van der Waals surface area contributed by atoms with Crippen LogP contribution in [0.1, 0.15) is 26.3 Å². The van der Waals surface area contributed by atoms with Crippen LogP contribution in [-0.4, -0.2) is 30.0 Å². The number of carbonyl (C=O) groups excluding carboxylic acids is 1. The van der Waals surface area contributed by atoms with Crippen molar-refractivity contribution in [1.29, 1.82) is 0 Å². The van der Waals surface area contributed by atoms with Crippen molar-refractivity contribution in [3.63, 3.8) is 0 Å². The van der Waals surface area contributed by atoms with E-state index in [1.807, 2.05) is 37.3 Å². The second-order valence-corrected chi connectivity index (χ2v) is 9.62. The molecule has 4 rings (SSSR count). The zero-order valence-corrected chi connectivity index (χ0v) is 18.8. The predicted molar refractivity (Wildman–Crippen MR) is 119 cm³/mol. The zero-order chi connectivity index (χ0) is 24.7. The number of hydrogen-bond donors (Lipinski definition) is 2. The Morgan fingerprint density at radius 1 is 0.939 bits per heavy atom. The highest BCUT2D eigenvalue weighted by molar-refractivity contribution is 7.86. The van der Waals surface area contributed by atoms with Crippen molar-refractivity contribution < 1.29 is 35.7 Å². The number of hydrogen-bond acceptors (Lipinski definition) is 5. The third kappa shape index (κ3) is 4.53. The maximum atomic E-state index is 13.1. The summed E-state index contributed by atoms with van der Waals surface area (Å²) in [7, 11) is -5.84. The van der Waals surface area contributed by atoms with Crippen LogP contribution in [0, 0.1) is 0 Å². The number of carbonyl (C=O) groups is 1. The minimum atomic E-state index is -5.84. The SMILES string of the molecule is CC1(C(=O)Oc2ccccc2)Nc2ccc3ccccc3c2C1(C)C.O=S(=O)(O)C(F)(F)F. The molecule has 1 aliphatic heterocycles. The van der Waals surface area contributed by atoms with Gasteiger partial charge in [0.2, 0.25) is 0 Å². The van der Waals surface area contributed by atoms with Crippen molar-refractivity contribution in [2.45, 2.75) is 37.2 Å². The van der Waals surface area contributed by atoms with E-state index in [0.717, 1.165) is 11.3 Å². The van der Waals surface area contributed by atoms with Gasteiger partial charge in [0.1, 0.15) is 11.3 Å². The Bertz CT molecular complexity index is 1290. The Morgan fingerprint density at radius 2 is 1.48 bits per heavy atom. The van der Waals surface area contributed by atoms with Crippen LogP contribution in [0.3, 0.4) is 0 Å². The van der Waals surface area contributed by atoms with Gasteiger partial charge in [0.15, 0.2) is 0 Å². The van der Waals surface area contributed by atoms with Crippen molar-refractivity contribution in [3.8, 4) is 5.75 Å². The quantitative estimate of drug-likeness (QED) is 0.223. The molecule has 1 unspecified atom stereocenters. The summed E-state index contributed by atoms with van der Waals surface area (Å²) in [5.74, 6) is 0.288. The molecule has 1 atom stereocenters. The van der Waals surface area contributed by atoms with E-state index in [9.17, 15) is 18.0 Å². The second kappa shape index (κ2) is 8.35. The minimum absolute atomic E-state index is 0.274. The van der Waals surface area contributed by atoms with Gasteiger partial charge in [0.05, 0.1) is 0 Å². The Hall–Kier alpha value is -3.11. The van der Waals surface area contributed by atoms with Gasteiger partial charge in [-0.2, -0.15) is 21.6 Å². The number of nitrogens with one attached hydrogen (secondary N) is 1. The summed E-state index contributed by atoms with van der Waals surface area (Å²) in [5, 5.41) is 5.79. The van der Waals surface area contributed by atoms with Crippen molar-refractivity contribution in [1.82, 2.24) is 0 Å². The fraction of sp³-hybridized carbons (Fsp3) is 0.261. The Labute approximate surface area is 189 Å². The van der Waals surface area contributed by atoms with E-state index in [1.165, 1.54) is 10.8 Å². The molecular formula is C23H22F3NO5S. The van der Waals surface area contributed by atoms with Crippen molar-refractivity contribution in [3.05, 3.63) is 72.3 Å². The van der Waals surface area contributed by atoms with Crippen LogP contribution in [0.15, 0.2) is 66.7 Å². The van der Waals surface area contributed by atoms with Crippen molar-refractivity contribution >= 4 is 32.5 Å². The number of esters is 1. The van der Waals surface area contributed by atoms with Crippen molar-refractivity contribution in [2.75, 3.05) is 5.32 Å². The summed E-state index contributed by atoms with van der Waals surface area (Å²) < 4.78 is 63.2. The van der Waals surface area contributed by atoms with Crippen LogP contribution in [0.5, 0.6) is 5.75 Å². The molecule has 3 aromatic rings. The Balaban J connectivity index is 0.000000331. The topological polar surface area (TPSA) is 92.7 Å². The number of rotatable bonds is 2. The molecule has 6 nitrogen and oxygen atoms in total. The molecule has 0 bridgehead atoms. The second-order valence-electron chi connectivity index (χ2n) is 8.21. The molecule has 0 saturated heterocycles. The number of anilines is 1. The number of ether oxygens (including phenoxy) is 1. The summed E-state index contributed by atoms with van der Waals surface area (Å²) in [4.78, 5) is 13.1. The van der Waals surface area contributed by atoms with Gasteiger partial charge in [-0.15, -0.1) is 0 Å². The first-order valence-corrected chi connectivity index (χ1v) is 11.2. The van der Waals surface area contributed by atoms with E-state index in [0.29, 0.717) is 5.75 Å². The molecule has 0 aliphatic carbocycles. The van der Waals surface area contributed by atoms with E-state index in [1.54, 1.807) is 12.1 Å². The molecule has 0 radical (unpaired) electrons. The molecule has 0 saturated carbocycles. The summed E-state index contributed by atoms with van der Waals surface area (Å²) in [5.41, 5.74) is -4.65. The predicted octanol–water partition coefficient (Wildman–Crippen LogP) is 5.30. The maximum absolute atomic E-state index is 13.1. The number of alkyl halides is 3. The summed E-state index contributed by atoms with van der Waals surface area (Å²) in [6.45, 7) is 6.13. The first-order chi connectivity index (χ1) is 15.2. The average Bonchev–Trinajstić information content (AvgIpc) is 2.94. The summed E-state index contributed by atoms with van der Waals surface area (Å²) in [6.07, 6.45) is 0. The molecular weight excluding hydrogens is 459 g/mol. The van der Waals surface area contributed by atoms with Crippen LogP contribution >= 0.6 is 0 Å². The standard InChI is InChI=1S/C22H21NO2.CHF3O3S/c1-21(2)19-17-12-8-7-9-15(17)13-14-18(19)23-22(21,3)20(24)25-16-10-5-4-6-11-16;2-1(3,4)8(5,6)7/h4-14,23H,1-3H3;(H,5,6,7). The Kier molecular flexibility index (Phi) is 6.20. The molecule has 1 heterocycles. The van der Waals surface area contributed by atoms with Gasteiger partial charge in [-0.3, -0.25) is 4.55 Å². The molecule has 0 spiro atoms. The Morgan fingerprint density at radius 3 is 2.06 bits per heavy atom. The van der Waals surface area contributed by atoms with Crippen LogP contribution in [0.2, 0.25) is 0 Å². The van der Waals surface area contributed by atoms with Gasteiger partial charge in [-0.25, -0.2) is 4.79 Å². The van der Waals surface area contributed by atoms with E-state index in [2.05, 4.69) is 43.4 Å². The molecule has 1 aliphatic rings. The third-order valence-corrected chi connectivity index (χ3v) is 6.43. The molecule has 2 N–H and O–H groups in total. The van der Waals surface area contributed by atoms with Gasteiger partial charge in [-0.05, 0) is 41.5 Å². The maximum Gasteiger partial charge on any atom is 0.522 e. The molecule has 0 amide bonds. The lowest BCUT2D eigenvalue weighted by Crippen LogP contribution is -2.55. The van der Waals surface area contributed by atoms with Gasteiger partial charge in [0.25, 0.3) is 0 Å². The third-order valence-electron chi connectivity index (χ3n) is 5.84. The first-order valence-electron chi connectivity index (χ1n) is 9.80.